The Morgan fingerprint density at radius 3 is 2.77 bits per heavy atom. The first-order valence-electron chi connectivity index (χ1n) is 4.72. The molecule has 0 aromatic carbocycles. The van der Waals surface area contributed by atoms with Gasteiger partial charge in [-0.15, -0.1) is 0 Å². The van der Waals surface area contributed by atoms with Crippen LogP contribution in [0.15, 0.2) is 17.4 Å². The van der Waals surface area contributed by atoms with Crippen molar-refractivity contribution in [1.29, 1.82) is 0 Å². The summed E-state index contributed by atoms with van der Waals surface area (Å²) in [7, 11) is 1.72. The van der Waals surface area contributed by atoms with Crippen LogP contribution in [0.1, 0.15) is 26.7 Å². The second-order valence-corrected chi connectivity index (χ2v) is 2.81. The van der Waals surface area contributed by atoms with Crippen LogP contribution in [0.2, 0.25) is 0 Å². The van der Waals surface area contributed by atoms with E-state index in [2.05, 4.69) is 23.8 Å². The third-order valence-corrected chi connectivity index (χ3v) is 1.75. The lowest BCUT2D eigenvalue weighted by atomic mass is 10.3. The molecule has 0 spiro atoms. The summed E-state index contributed by atoms with van der Waals surface area (Å²) >= 11 is 0. The van der Waals surface area contributed by atoms with E-state index in [-0.39, 0.29) is 6.10 Å². The summed E-state index contributed by atoms with van der Waals surface area (Å²) < 4.78 is 5.20. The number of hydrogen-bond donors (Lipinski definition) is 1. The Labute approximate surface area is 80.9 Å². The van der Waals surface area contributed by atoms with Crippen molar-refractivity contribution >= 4 is 6.21 Å². The van der Waals surface area contributed by atoms with Gasteiger partial charge in [0.15, 0.2) is 0 Å². The van der Waals surface area contributed by atoms with Crippen LogP contribution in [0, 0.1) is 0 Å². The molecule has 1 unspecified atom stereocenters. The quantitative estimate of drug-likeness (QED) is 0.614. The topological polar surface area (TPSA) is 33.6 Å². The van der Waals surface area contributed by atoms with Gasteiger partial charge >= 0.3 is 0 Å². The standard InChI is InChI=1S/C10H20N2O/c1-5-7-11-9(3)12-8-10(6-2)13-4/h7,10,12H,3,5-6,8H2,1-2,4H3. The first-order valence-corrected chi connectivity index (χ1v) is 4.72. The van der Waals surface area contributed by atoms with Crippen LogP contribution in [0.25, 0.3) is 0 Å². The number of nitrogens with one attached hydrogen (secondary N) is 1. The maximum Gasteiger partial charge on any atom is 0.118 e. The van der Waals surface area contributed by atoms with Gasteiger partial charge < -0.3 is 10.1 Å². The van der Waals surface area contributed by atoms with Gasteiger partial charge in [0, 0.05) is 19.9 Å². The highest BCUT2D eigenvalue weighted by Crippen LogP contribution is 1.95. The van der Waals surface area contributed by atoms with Gasteiger partial charge in [0.2, 0.25) is 0 Å². The molecular weight excluding hydrogens is 164 g/mol. The third kappa shape index (κ3) is 6.34. The highest BCUT2D eigenvalue weighted by Gasteiger charge is 2.02. The molecule has 0 aliphatic carbocycles. The largest absolute Gasteiger partial charge is 0.380 e. The highest BCUT2D eigenvalue weighted by atomic mass is 16.5. The molecule has 0 amide bonds. The fourth-order valence-electron chi connectivity index (χ4n) is 0.873. The van der Waals surface area contributed by atoms with Crippen LogP contribution < -0.4 is 5.32 Å². The first-order chi connectivity index (χ1) is 6.24. The summed E-state index contributed by atoms with van der Waals surface area (Å²) in [5.74, 6) is 0.706. The zero-order chi connectivity index (χ0) is 10.1. The minimum atomic E-state index is 0.244. The van der Waals surface area contributed by atoms with E-state index in [0.717, 1.165) is 19.4 Å². The van der Waals surface area contributed by atoms with E-state index < -0.39 is 0 Å². The van der Waals surface area contributed by atoms with Gasteiger partial charge in [0.25, 0.3) is 0 Å². The molecule has 0 saturated heterocycles. The number of ether oxygens (including phenoxy) is 1. The van der Waals surface area contributed by atoms with Crippen LogP contribution in [0.5, 0.6) is 0 Å². The Morgan fingerprint density at radius 1 is 1.62 bits per heavy atom. The van der Waals surface area contributed by atoms with Crippen LogP contribution >= 0.6 is 0 Å². The molecule has 76 valence electrons. The van der Waals surface area contributed by atoms with E-state index in [1.54, 1.807) is 7.11 Å². The summed E-state index contributed by atoms with van der Waals surface area (Å²) in [6, 6.07) is 0. The van der Waals surface area contributed by atoms with Crippen molar-refractivity contribution in [1.82, 2.24) is 5.32 Å². The summed E-state index contributed by atoms with van der Waals surface area (Å²) in [6.45, 7) is 8.67. The number of aliphatic imine (C=N–C) groups is 1. The minimum absolute atomic E-state index is 0.244. The molecule has 1 atom stereocenters. The molecule has 3 heteroatoms. The van der Waals surface area contributed by atoms with Crippen molar-refractivity contribution in [3.8, 4) is 0 Å². The van der Waals surface area contributed by atoms with Crippen molar-refractivity contribution < 1.29 is 4.74 Å². The Bertz CT molecular complexity index is 162. The maximum atomic E-state index is 5.20. The van der Waals surface area contributed by atoms with Crippen molar-refractivity contribution in [3.05, 3.63) is 12.4 Å². The van der Waals surface area contributed by atoms with Crippen LogP contribution in [-0.2, 0) is 4.74 Å². The minimum Gasteiger partial charge on any atom is -0.380 e. The SMILES string of the molecule is C=C(N=CCC)NCC(CC)OC. The molecule has 0 fully saturated rings. The molecule has 0 radical (unpaired) electrons. The van der Waals surface area contributed by atoms with Crippen molar-refractivity contribution in [2.45, 2.75) is 32.8 Å². The van der Waals surface area contributed by atoms with Gasteiger partial charge in [-0.3, -0.25) is 0 Å². The van der Waals surface area contributed by atoms with E-state index >= 15 is 0 Å². The Morgan fingerprint density at radius 2 is 2.31 bits per heavy atom. The number of methoxy groups -OCH3 is 1. The summed E-state index contributed by atoms with van der Waals surface area (Å²) in [5.41, 5.74) is 0. The van der Waals surface area contributed by atoms with E-state index in [4.69, 9.17) is 4.74 Å². The summed E-state index contributed by atoms with van der Waals surface area (Å²) in [4.78, 5) is 4.10. The number of hydrogen-bond acceptors (Lipinski definition) is 3. The second-order valence-electron chi connectivity index (χ2n) is 2.81. The fraction of sp³-hybridized carbons (Fsp3) is 0.700. The molecule has 0 aromatic heterocycles. The average Bonchev–Trinajstić information content (AvgIpc) is 2.16. The molecular formula is C10H20N2O. The molecule has 0 aromatic rings. The van der Waals surface area contributed by atoms with Crippen LogP contribution in [-0.4, -0.2) is 26.0 Å². The Hall–Kier alpha value is -0.830. The molecule has 3 nitrogen and oxygen atoms in total. The molecule has 0 saturated carbocycles. The average molecular weight is 184 g/mol. The van der Waals surface area contributed by atoms with Crippen LogP contribution in [0.3, 0.4) is 0 Å². The van der Waals surface area contributed by atoms with Gasteiger partial charge in [-0.05, 0) is 12.8 Å². The van der Waals surface area contributed by atoms with E-state index in [1.807, 2.05) is 13.1 Å². The monoisotopic (exact) mass is 184 g/mol. The number of rotatable bonds is 7. The molecule has 1 N–H and O–H groups in total. The molecule has 13 heavy (non-hydrogen) atoms. The van der Waals surface area contributed by atoms with Gasteiger partial charge in [-0.25, -0.2) is 4.99 Å². The fourth-order valence-corrected chi connectivity index (χ4v) is 0.873. The van der Waals surface area contributed by atoms with Gasteiger partial charge in [-0.2, -0.15) is 0 Å². The zero-order valence-electron chi connectivity index (χ0n) is 8.84. The Kier molecular flexibility index (Phi) is 7.30. The molecule has 0 heterocycles. The lowest BCUT2D eigenvalue weighted by molar-refractivity contribution is 0.101. The normalized spacial score (nSPS) is 13.2. The summed E-state index contributed by atoms with van der Waals surface area (Å²) in [6.07, 6.45) is 4.01. The first kappa shape index (κ1) is 12.2. The molecule has 0 aliphatic rings. The van der Waals surface area contributed by atoms with Gasteiger partial charge in [0.1, 0.15) is 5.82 Å². The van der Waals surface area contributed by atoms with Crippen molar-refractivity contribution in [2.24, 2.45) is 4.99 Å². The smallest absolute Gasteiger partial charge is 0.118 e. The number of nitrogens with zero attached hydrogens (tertiary/aromatic N) is 1. The predicted octanol–water partition coefficient (Wildman–Crippen LogP) is 1.95. The molecule has 0 bridgehead atoms. The van der Waals surface area contributed by atoms with E-state index in [0.29, 0.717) is 5.82 Å². The van der Waals surface area contributed by atoms with Crippen molar-refractivity contribution in [2.75, 3.05) is 13.7 Å². The zero-order valence-corrected chi connectivity index (χ0v) is 8.84. The van der Waals surface area contributed by atoms with Gasteiger partial charge in [0.05, 0.1) is 6.10 Å². The van der Waals surface area contributed by atoms with Crippen LogP contribution in [0.4, 0.5) is 0 Å². The van der Waals surface area contributed by atoms with Crippen molar-refractivity contribution in [3.63, 3.8) is 0 Å². The summed E-state index contributed by atoms with van der Waals surface area (Å²) in [5, 5.41) is 3.10. The third-order valence-electron chi connectivity index (χ3n) is 1.75. The van der Waals surface area contributed by atoms with E-state index in [1.165, 1.54) is 0 Å². The predicted molar refractivity (Wildman–Crippen MR) is 57.0 cm³/mol. The second kappa shape index (κ2) is 7.80. The molecule has 0 aliphatic heterocycles. The van der Waals surface area contributed by atoms with E-state index in [9.17, 15) is 0 Å². The maximum absolute atomic E-state index is 5.20. The lowest BCUT2D eigenvalue weighted by Crippen LogP contribution is -2.26. The lowest BCUT2D eigenvalue weighted by Gasteiger charge is -2.13. The molecule has 0 rings (SSSR count). The Balaban J connectivity index is 3.62. The highest BCUT2D eigenvalue weighted by molar-refractivity contribution is 5.58. The van der Waals surface area contributed by atoms with Gasteiger partial charge in [-0.1, -0.05) is 20.4 Å².